The van der Waals surface area contributed by atoms with Crippen molar-refractivity contribution in [2.45, 2.75) is 31.3 Å². The molecular formula is C13H20F2N2O2S2. The molecule has 0 fully saturated rings. The first-order chi connectivity index (χ1) is 9.81. The molecule has 0 aliphatic heterocycles. The van der Waals surface area contributed by atoms with Gasteiger partial charge in [0.05, 0.1) is 0 Å². The van der Waals surface area contributed by atoms with Gasteiger partial charge < -0.3 is 5.32 Å². The van der Waals surface area contributed by atoms with Crippen LogP contribution in [0, 0.1) is 11.6 Å². The number of hydrogen-bond acceptors (Lipinski definition) is 4. The summed E-state index contributed by atoms with van der Waals surface area (Å²) in [5.74, 6) is -1.97. The fourth-order valence-corrected chi connectivity index (χ4v) is 3.87. The van der Waals surface area contributed by atoms with Crippen molar-refractivity contribution in [2.75, 3.05) is 18.6 Å². The summed E-state index contributed by atoms with van der Waals surface area (Å²) in [4.78, 5) is -0.650. The highest BCUT2D eigenvalue weighted by molar-refractivity contribution is 7.98. The smallest absolute Gasteiger partial charge is 0.243 e. The van der Waals surface area contributed by atoms with Crippen LogP contribution in [-0.4, -0.2) is 33.0 Å². The van der Waals surface area contributed by atoms with Gasteiger partial charge in [-0.1, -0.05) is 6.92 Å². The predicted octanol–water partition coefficient (Wildman–Crippen LogP) is 2.10. The maximum absolute atomic E-state index is 13.8. The topological polar surface area (TPSA) is 58.2 Å². The van der Waals surface area contributed by atoms with Gasteiger partial charge in [0.1, 0.15) is 4.90 Å². The molecule has 4 nitrogen and oxygen atoms in total. The SMILES string of the molecule is CCNCc1cc(F)c(F)c(S(=O)(=O)NC(C)CSC)c1. The summed E-state index contributed by atoms with van der Waals surface area (Å²) in [5, 5.41) is 2.94. The van der Waals surface area contributed by atoms with E-state index in [4.69, 9.17) is 0 Å². The summed E-state index contributed by atoms with van der Waals surface area (Å²) in [6.07, 6.45) is 1.84. The molecule has 1 unspecified atom stereocenters. The molecule has 0 spiro atoms. The van der Waals surface area contributed by atoms with Crippen molar-refractivity contribution < 1.29 is 17.2 Å². The molecule has 0 amide bonds. The first-order valence-electron chi connectivity index (χ1n) is 6.51. The zero-order valence-corrected chi connectivity index (χ0v) is 13.9. The Bertz CT molecular complexity index is 580. The molecule has 21 heavy (non-hydrogen) atoms. The average Bonchev–Trinajstić information content (AvgIpc) is 2.39. The third kappa shape index (κ3) is 5.21. The minimum absolute atomic E-state index is 0.274. The monoisotopic (exact) mass is 338 g/mol. The summed E-state index contributed by atoms with van der Waals surface area (Å²) in [6.45, 7) is 4.45. The maximum atomic E-state index is 13.8. The van der Waals surface area contributed by atoms with E-state index in [1.54, 1.807) is 6.92 Å². The van der Waals surface area contributed by atoms with Gasteiger partial charge >= 0.3 is 0 Å². The molecule has 2 N–H and O–H groups in total. The Labute approximate surface area is 128 Å². The van der Waals surface area contributed by atoms with Crippen LogP contribution in [-0.2, 0) is 16.6 Å². The maximum Gasteiger partial charge on any atom is 0.243 e. The largest absolute Gasteiger partial charge is 0.313 e. The van der Waals surface area contributed by atoms with Gasteiger partial charge in [0.15, 0.2) is 11.6 Å². The van der Waals surface area contributed by atoms with Crippen molar-refractivity contribution in [1.29, 1.82) is 0 Å². The van der Waals surface area contributed by atoms with Crippen LogP contribution in [0.2, 0.25) is 0 Å². The average molecular weight is 338 g/mol. The fraction of sp³-hybridized carbons (Fsp3) is 0.538. The molecule has 0 radical (unpaired) electrons. The summed E-state index contributed by atoms with van der Waals surface area (Å²) < 4.78 is 54.1. The molecule has 0 aliphatic carbocycles. The van der Waals surface area contributed by atoms with Crippen molar-refractivity contribution in [1.82, 2.24) is 10.0 Å². The highest BCUT2D eigenvalue weighted by Gasteiger charge is 2.24. The second-order valence-corrected chi connectivity index (χ2v) is 7.24. The second kappa shape index (κ2) is 8.07. The zero-order chi connectivity index (χ0) is 16.0. The summed E-state index contributed by atoms with van der Waals surface area (Å²) >= 11 is 1.46. The van der Waals surface area contributed by atoms with Crippen molar-refractivity contribution in [3.63, 3.8) is 0 Å². The van der Waals surface area contributed by atoms with Crippen LogP contribution in [0.25, 0.3) is 0 Å². The number of sulfonamides is 1. The Balaban J connectivity index is 3.12. The van der Waals surface area contributed by atoms with E-state index in [1.165, 1.54) is 11.8 Å². The van der Waals surface area contributed by atoms with E-state index < -0.39 is 26.6 Å². The molecule has 0 saturated carbocycles. The molecule has 8 heteroatoms. The number of halogens is 2. The molecule has 120 valence electrons. The van der Waals surface area contributed by atoms with Gasteiger partial charge in [0.2, 0.25) is 10.0 Å². The van der Waals surface area contributed by atoms with Gasteiger partial charge in [-0.25, -0.2) is 21.9 Å². The first-order valence-corrected chi connectivity index (χ1v) is 9.39. The van der Waals surface area contributed by atoms with E-state index in [2.05, 4.69) is 10.0 Å². The third-order valence-electron chi connectivity index (χ3n) is 2.70. The van der Waals surface area contributed by atoms with Crippen LogP contribution < -0.4 is 10.0 Å². The van der Waals surface area contributed by atoms with Crippen LogP contribution in [0.15, 0.2) is 17.0 Å². The zero-order valence-electron chi connectivity index (χ0n) is 12.2. The van der Waals surface area contributed by atoms with Crippen LogP contribution in [0.3, 0.4) is 0 Å². The van der Waals surface area contributed by atoms with Crippen molar-refractivity contribution in [3.8, 4) is 0 Å². The minimum atomic E-state index is -4.09. The molecule has 0 bridgehead atoms. The third-order valence-corrected chi connectivity index (χ3v) is 5.12. The quantitative estimate of drug-likeness (QED) is 0.762. The van der Waals surface area contributed by atoms with Crippen LogP contribution in [0.1, 0.15) is 19.4 Å². The number of hydrogen-bond donors (Lipinski definition) is 2. The Kier molecular flexibility index (Phi) is 7.05. The van der Waals surface area contributed by atoms with Gasteiger partial charge in [0, 0.05) is 18.3 Å². The summed E-state index contributed by atoms with van der Waals surface area (Å²) in [7, 11) is -4.09. The lowest BCUT2D eigenvalue weighted by Gasteiger charge is -2.14. The molecule has 0 aliphatic rings. The Morgan fingerprint density at radius 3 is 2.57 bits per heavy atom. The van der Waals surface area contributed by atoms with Gasteiger partial charge in [0.25, 0.3) is 0 Å². The van der Waals surface area contributed by atoms with Crippen molar-refractivity contribution in [3.05, 3.63) is 29.3 Å². The molecule has 1 aromatic rings. The number of nitrogens with one attached hydrogen (secondary N) is 2. The van der Waals surface area contributed by atoms with Gasteiger partial charge in [-0.05, 0) is 37.4 Å². The molecule has 1 atom stereocenters. The predicted molar refractivity (Wildman–Crippen MR) is 81.9 cm³/mol. The highest BCUT2D eigenvalue weighted by atomic mass is 32.2. The van der Waals surface area contributed by atoms with Crippen LogP contribution >= 0.6 is 11.8 Å². The lowest BCUT2D eigenvalue weighted by Crippen LogP contribution is -2.35. The van der Waals surface area contributed by atoms with Gasteiger partial charge in [-0.15, -0.1) is 0 Å². The molecule has 1 aromatic carbocycles. The standard InChI is InChI=1S/C13H20F2N2O2S2/c1-4-16-7-10-5-11(14)13(15)12(6-10)21(18,19)17-9(2)8-20-3/h5-6,9,16-17H,4,7-8H2,1-3H3. The second-order valence-electron chi connectivity index (χ2n) is 4.65. The summed E-state index contributed by atoms with van der Waals surface area (Å²) in [6, 6.07) is 1.79. The normalized spacial score (nSPS) is 13.4. The van der Waals surface area contributed by atoms with E-state index in [0.717, 1.165) is 12.1 Å². The lowest BCUT2D eigenvalue weighted by molar-refractivity contribution is 0.479. The van der Waals surface area contributed by atoms with E-state index in [0.29, 0.717) is 17.9 Å². The van der Waals surface area contributed by atoms with Gasteiger partial charge in [-0.3, -0.25) is 0 Å². The highest BCUT2D eigenvalue weighted by Crippen LogP contribution is 2.20. The van der Waals surface area contributed by atoms with Crippen LogP contribution in [0.4, 0.5) is 8.78 Å². The van der Waals surface area contributed by atoms with Gasteiger partial charge in [-0.2, -0.15) is 11.8 Å². The summed E-state index contributed by atoms with van der Waals surface area (Å²) in [5.41, 5.74) is 0.383. The van der Waals surface area contributed by atoms with Crippen molar-refractivity contribution >= 4 is 21.8 Å². The fourth-order valence-electron chi connectivity index (χ4n) is 1.80. The molecular weight excluding hydrogens is 318 g/mol. The lowest BCUT2D eigenvalue weighted by atomic mass is 10.2. The number of benzene rings is 1. The number of thioether (sulfide) groups is 1. The molecule has 0 heterocycles. The number of rotatable bonds is 8. The Morgan fingerprint density at radius 2 is 2.00 bits per heavy atom. The molecule has 0 aromatic heterocycles. The van der Waals surface area contributed by atoms with E-state index in [9.17, 15) is 17.2 Å². The van der Waals surface area contributed by atoms with E-state index in [1.807, 2.05) is 13.2 Å². The van der Waals surface area contributed by atoms with Crippen LogP contribution in [0.5, 0.6) is 0 Å². The Morgan fingerprint density at radius 1 is 1.33 bits per heavy atom. The molecule has 1 rings (SSSR count). The first kappa shape index (κ1) is 18.3. The minimum Gasteiger partial charge on any atom is -0.313 e. The molecule has 0 saturated heterocycles. The van der Waals surface area contributed by atoms with E-state index in [-0.39, 0.29) is 12.6 Å². The Hall–Kier alpha value is -0.700. The van der Waals surface area contributed by atoms with Crippen molar-refractivity contribution in [2.24, 2.45) is 0 Å². The van der Waals surface area contributed by atoms with E-state index >= 15 is 0 Å².